The van der Waals surface area contributed by atoms with Gasteiger partial charge in [0.15, 0.2) is 0 Å². The molecule has 0 bridgehead atoms. The molecule has 0 aliphatic heterocycles. The van der Waals surface area contributed by atoms with E-state index in [1.807, 2.05) is 30.7 Å². The number of fused-ring (bicyclic) bond motifs is 1. The Morgan fingerprint density at radius 1 is 1.04 bits per heavy atom. The minimum absolute atomic E-state index is 0.327. The zero-order valence-corrected chi connectivity index (χ0v) is 15.4. The largest absolute Gasteiger partial charge is 0.318 e. The van der Waals surface area contributed by atoms with Gasteiger partial charge in [-0.25, -0.2) is 0 Å². The van der Waals surface area contributed by atoms with E-state index in [-0.39, 0.29) is 0 Å². The predicted octanol–water partition coefficient (Wildman–Crippen LogP) is 5.52. The van der Waals surface area contributed by atoms with E-state index in [0.717, 1.165) is 15.0 Å². The van der Waals surface area contributed by atoms with E-state index in [1.54, 1.807) is 23.5 Å². The van der Waals surface area contributed by atoms with Gasteiger partial charge in [-0.3, -0.25) is 0 Å². The summed E-state index contributed by atoms with van der Waals surface area (Å²) in [5.74, 6) is 0. The van der Waals surface area contributed by atoms with Crippen molar-refractivity contribution in [3.8, 4) is 0 Å². The first-order valence-corrected chi connectivity index (χ1v) is 8.71. The van der Waals surface area contributed by atoms with Crippen LogP contribution in [0.1, 0.15) is 12.5 Å². The van der Waals surface area contributed by atoms with Crippen molar-refractivity contribution in [2.24, 2.45) is 17.3 Å². The Kier molecular flexibility index (Phi) is 4.78. The van der Waals surface area contributed by atoms with Gasteiger partial charge in [-0.2, -0.15) is 5.10 Å². The highest BCUT2D eigenvalue weighted by atomic mass is 35.5. The van der Waals surface area contributed by atoms with Crippen molar-refractivity contribution < 1.29 is 0 Å². The number of para-hydroxylation sites is 1. The molecule has 7 heteroatoms. The third-order valence-electron chi connectivity index (χ3n) is 3.43. The van der Waals surface area contributed by atoms with Crippen LogP contribution < -0.4 is 4.80 Å². The molecular weight excluding hydrogens is 373 g/mol. The van der Waals surface area contributed by atoms with Crippen molar-refractivity contribution in [3.63, 3.8) is 0 Å². The molecule has 0 amide bonds. The van der Waals surface area contributed by atoms with E-state index < -0.39 is 0 Å². The van der Waals surface area contributed by atoms with Gasteiger partial charge in [0, 0.05) is 12.6 Å². The summed E-state index contributed by atoms with van der Waals surface area (Å²) in [4.78, 5) is 0.807. The maximum absolute atomic E-state index is 6.23. The first-order chi connectivity index (χ1) is 11.0. The fraction of sp³-hybridized carbons (Fsp3) is 0.125. The minimum Gasteiger partial charge on any atom is -0.318 e. The van der Waals surface area contributed by atoms with Crippen LogP contribution in [0.2, 0.25) is 15.1 Å². The Labute approximate surface area is 152 Å². The zero-order valence-electron chi connectivity index (χ0n) is 12.3. The molecule has 0 unspecified atom stereocenters. The lowest BCUT2D eigenvalue weighted by Crippen LogP contribution is -2.09. The monoisotopic (exact) mass is 383 g/mol. The van der Waals surface area contributed by atoms with Gasteiger partial charge in [0.25, 0.3) is 0 Å². The van der Waals surface area contributed by atoms with Crippen molar-refractivity contribution in [2.75, 3.05) is 0 Å². The van der Waals surface area contributed by atoms with E-state index in [1.165, 1.54) is 0 Å². The standard InChI is InChI=1S/C16H12Cl3N3S/c1-9(10-7-8-11(17)15(19)14(10)18)20-21-16-22(2)12-5-3-4-6-13(12)23-16/h3-8H,1-2H3/b20-9-,21-16+. The Balaban J connectivity index is 2.07. The molecule has 0 spiro atoms. The zero-order chi connectivity index (χ0) is 16.6. The average Bonchev–Trinajstić information content (AvgIpc) is 2.87. The quantitative estimate of drug-likeness (QED) is 0.316. The number of halogens is 3. The number of hydrogen-bond donors (Lipinski definition) is 0. The predicted molar refractivity (Wildman–Crippen MR) is 100 cm³/mol. The number of benzene rings is 2. The topological polar surface area (TPSA) is 29.6 Å². The third kappa shape index (κ3) is 3.17. The van der Waals surface area contributed by atoms with Crippen LogP contribution in [-0.4, -0.2) is 10.3 Å². The lowest BCUT2D eigenvalue weighted by molar-refractivity contribution is 0.888. The lowest BCUT2D eigenvalue weighted by Gasteiger charge is -2.05. The van der Waals surface area contributed by atoms with Gasteiger partial charge in [-0.1, -0.05) is 64.3 Å². The fourth-order valence-corrected chi connectivity index (χ4v) is 3.80. The van der Waals surface area contributed by atoms with Crippen LogP contribution in [0, 0.1) is 0 Å². The molecule has 3 nitrogen and oxygen atoms in total. The highest BCUT2D eigenvalue weighted by Gasteiger charge is 2.11. The van der Waals surface area contributed by atoms with Crippen molar-refractivity contribution in [1.29, 1.82) is 0 Å². The summed E-state index contributed by atoms with van der Waals surface area (Å²) in [6, 6.07) is 11.6. The lowest BCUT2D eigenvalue weighted by atomic mass is 10.1. The number of hydrogen-bond acceptors (Lipinski definition) is 3. The van der Waals surface area contributed by atoms with Crippen LogP contribution >= 0.6 is 46.1 Å². The molecule has 3 rings (SSSR count). The molecule has 23 heavy (non-hydrogen) atoms. The minimum atomic E-state index is 0.327. The number of rotatable bonds is 2. The second-order valence-electron chi connectivity index (χ2n) is 4.92. The summed E-state index contributed by atoms with van der Waals surface area (Å²) in [6.07, 6.45) is 0. The number of thiazole rings is 1. The maximum atomic E-state index is 6.23. The molecule has 2 aromatic carbocycles. The number of aromatic nitrogens is 1. The second kappa shape index (κ2) is 6.65. The van der Waals surface area contributed by atoms with Gasteiger partial charge in [-0.05, 0) is 25.1 Å². The Bertz CT molecular complexity index is 986. The van der Waals surface area contributed by atoms with Gasteiger partial charge in [0.1, 0.15) is 0 Å². The molecule has 0 radical (unpaired) electrons. The molecule has 0 atom stereocenters. The summed E-state index contributed by atoms with van der Waals surface area (Å²) in [5, 5.41) is 9.77. The van der Waals surface area contributed by atoms with Crippen molar-refractivity contribution in [3.05, 3.63) is 61.8 Å². The van der Waals surface area contributed by atoms with Gasteiger partial charge >= 0.3 is 0 Å². The smallest absolute Gasteiger partial charge is 0.211 e. The van der Waals surface area contributed by atoms with Crippen molar-refractivity contribution in [1.82, 2.24) is 4.57 Å². The average molecular weight is 385 g/mol. The van der Waals surface area contributed by atoms with Crippen LogP contribution in [0.4, 0.5) is 0 Å². The highest BCUT2D eigenvalue weighted by molar-refractivity contribution is 7.16. The summed E-state index contributed by atoms with van der Waals surface area (Å²) >= 11 is 19.8. The van der Waals surface area contributed by atoms with E-state index in [2.05, 4.69) is 22.3 Å². The van der Waals surface area contributed by atoms with Crippen molar-refractivity contribution in [2.45, 2.75) is 6.92 Å². The van der Waals surface area contributed by atoms with Gasteiger partial charge in [-0.15, -0.1) is 5.10 Å². The third-order valence-corrected chi connectivity index (χ3v) is 5.82. The second-order valence-corrected chi connectivity index (χ2v) is 7.09. The van der Waals surface area contributed by atoms with Crippen LogP contribution in [0.15, 0.2) is 46.6 Å². The van der Waals surface area contributed by atoms with Crippen molar-refractivity contribution >= 4 is 62.1 Å². The first-order valence-electron chi connectivity index (χ1n) is 6.75. The molecule has 0 saturated heterocycles. The molecule has 118 valence electrons. The molecule has 1 aromatic heterocycles. The molecular formula is C16H12Cl3N3S. The Morgan fingerprint density at radius 3 is 2.52 bits per heavy atom. The molecule has 0 saturated carbocycles. The van der Waals surface area contributed by atoms with E-state index in [4.69, 9.17) is 34.8 Å². The molecule has 0 aliphatic rings. The summed E-state index contributed by atoms with van der Waals surface area (Å²) in [7, 11) is 1.97. The van der Waals surface area contributed by atoms with E-state index >= 15 is 0 Å². The summed E-state index contributed by atoms with van der Waals surface area (Å²) in [5.41, 5.74) is 2.51. The molecule has 0 N–H and O–H groups in total. The van der Waals surface area contributed by atoms with Crippen LogP contribution in [-0.2, 0) is 7.05 Å². The summed E-state index contributed by atoms with van der Waals surface area (Å²) in [6.45, 7) is 1.84. The van der Waals surface area contributed by atoms with Crippen LogP contribution in [0.5, 0.6) is 0 Å². The summed E-state index contributed by atoms with van der Waals surface area (Å²) < 4.78 is 3.17. The number of nitrogens with zero attached hydrogens (tertiary/aromatic N) is 3. The maximum Gasteiger partial charge on any atom is 0.211 e. The van der Waals surface area contributed by atoms with E-state index in [9.17, 15) is 0 Å². The molecule has 0 fully saturated rings. The number of aryl methyl sites for hydroxylation is 1. The van der Waals surface area contributed by atoms with Crippen LogP contribution in [0.3, 0.4) is 0 Å². The van der Waals surface area contributed by atoms with Gasteiger partial charge in [0.05, 0.1) is 31.0 Å². The first kappa shape index (κ1) is 16.5. The fourth-order valence-electron chi connectivity index (χ4n) is 2.15. The molecule has 0 aliphatic carbocycles. The SMILES string of the molecule is C/C(=N/N=c1/sc2ccccc2n1C)c1ccc(Cl)c(Cl)c1Cl. The normalized spacial score (nSPS) is 13.1. The Hall–Kier alpha value is -1.33. The van der Waals surface area contributed by atoms with Gasteiger partial charge in [0.2, 0.25) is 4.80 Å². The van der Waals surface area contributed by atoms with Crippen LogP contribution in [0.25, 0.3) is 10.2 Å². The van der Waals surface area contributed by atoms with E-state index in [0.29, 0.717) is 26.3 Å². The molecule has 1 heterocycles. The highest BCUT2D eigenvalue weighted by Crippen LogP contribution is 2.32. The van der Waals surface area contributed by atoms with Gasteiger partial charge < -0.3 is 4.57 Å². The molecule has 3 aromatic rings. The Morgan fingerprint density at radius 2 is 1.78 bits per heavy atom.